The van der Waals surface area contributed by atoms with Gasteiger partial charge in [-0.3, -0.25) is 13.9 Å². The summed E-state index contributed by atoms with van der Waals surface area (Å²) in [5.74, 6) is -1.54. The van der Waals surface area contributed by atoms with Gasteiger partial charge >= 0.3 is 0 Å². The maximum atomic E-state index is 14.6. The number of nitrogens with zero attached hydrogens (tertiary/aromatic N) is 2. The van der Waals surface area contributed by atoms with Gasteiger partial charge in [0.05, 0.1) is 10.6 Å². The van der Waals surface area contributed by atoms with Crippen LogP contribution in [0.5, 0.6) is 0 Å². The fourth-order valence-corrected chi connectivity index (χ4v) is 7.79. The van der Waals surface area contributed by atoms with Crippen molar-refractivity contribution in [3.05, 3.63) is 130 Å². The zero-order valence-corrected chi connectivity index (χ0v) is 28.9. The van der Waals surface area contributed by atoms with E-state index in [9.17, 15) is 22.4 Å². The average Bonchev–Trinajstić information content (AvgIpc) is 3.07. The van der Waals surface area contributed by atoms with Gasteiger partial charge in [0.1, 0.15) is 18.4 Å². The summed E-state index contributed by atoms with van der Waals surface area (Å²) < 4.78 is 43.0. The van der Waals surface area contributed by atoms with Crippen molar-refractivity contribution < 1.29 is 22.4 Å². The zero-order chi connectivity index (χ0) is 34.3. The summed E-state index contributed by atoms with van der Waals surface area (Å²) in [6.07, 6.45) is 4.99. The first-order valence-electron chi connectivity index (χ1n) is 15.9. The number of carbonyl (C=O) groups excluding carboxylic acids is 2. The number of aryl methyl sites for hydroxylation is 1. The lowest BCUT2D eigenvalue weighted by molar-refractivity contribution is -0.140. The molecule has 7 nitrogen and oxygen atoms in total. The molecule has 0 heterocycles. The molecule has 4 aromatic carbocycles. The molecule has 0 bridgehead atoms. The van der Waals surface area contributed by atoms with Crippen LogP contribution in [0.3, 0.4) is 0 Å². The molecule has 2 amide bonds. The molecular formula is C37H38Cl2FN3O4S. The molecule has 1 aliphatic rings. The lowest BCUT2D eigenvalue weighted by Crippen LogP contribution is -2.55. The number of benzene rings is 4. The third-order valence-corrected chi connectivity index (χ3v) is 11.0. The minimum absolute atomic E-state index is 0.0245. The minimum atomic E-state index is -4.35. The molecular weight excluding hydrogens is 672 g/mol. The Bertz CT molecular complexity index is 1820. The number of anilines is 1. The Morgan fingerprint density at radius 3 is 2.21 bits per heavy atom. The fourth-order valence-electron chi connectivity index (χ4n) is 5.91. The van der Waals surface area contributed by atoms with Crippen molar-refractivity contribution in [1.82, 2.24) is 10.2 Å². The van der Waals surface area contributed by atoms with Gasteiger partial charge in [0.2, 0.25) is 11.8 Å². The van der Waals surface area contributed by atoms with Gasteiger partial charge < -0.3 is 10.2 Å². The number of carbonyl (C=O) groups is 2. The number of hydrogen-bond donors (Lipinski definition) is 1. The smallest absolute Gasteiger partial charge is 0.264 e. The summed E-state index contributed by atoms with van der Waals surface area (Å²) in [5.41, 5.74) is 2.51. The van der Waals surface area contributed by atoms with Gasteiger partial charge in [-0.25, -0.2) is 12.8 Å². The molecule has 0 aromatic heterocycles. The molecule has 1 atom stereocenters. The summed E-state index contributed by atoms with van der Waals surface area (Å²) >= 11 is 12.8. The highest BCUT2D eigenvalue weighted by Gasteiger charge is 2.35. The van der Waals surface area contributed by atoms with Crippen molar-refractivity contribution in [1.29, 1.82) is 0 Å². The van der Waals surface area contributed by atoms with Gasteiger partial charge in [-0.15, -0.1) is 0 Å². The Hall–Kier alpha value is -3.92. The standard InChI is InChI=1S/C37H38Cl2FN3O4S/c1-26-12-18-32(19-13-26)43(48(46,47)33-20-16-30(40)17-21-33)25-36(44)42(24-28-14-15-29(38)23-34(28)39)35(22-27-8-4-2-5-9-27)37(45)41-31-10-6-3-7-11-31/h2,4-5,8-9,12-21,23,31,35H,3,6-7,10-11,22,24-25H2,1H3,(H,41,45). The number of hydrogen-bond acceptors (Lipinski definition) is 4. The van der Waals surface area contributed by atoms with Crippen LogP contribution in [0.1, 0.15) is 48.8 Å². The van der Waals surface area contributed by atoms with Crippen molar-refractivity contribution in [3.63, 3.8) is 0 Å². The highest BCUT2D eigenvalue weighted by molar-refractivity contribution is 7.92. The monoisotopic (exact) mass is 709 g/mol. The van der Waals surface area contributed by atoms with E-state index in [1.165, 1.54) is 4.90 Å². The van der Waals surface area contributed by atoms with E-state index in [1.807, 2.05) is 37.3 Å². The van der Waals surface area contributed by atoms with Gasteiger partial charge in [0.25, 0.3) is 10.0 Å². The topological polar surface area (TPSA) is 86.8 Å². The normalized spacial score (nSPS) is 14.2. The van der Waals surface area contributed by atoms with Crippen molar-refractivity contribution in [2.24, 2.45) is 0 Å². The van der Waals surface area contributed by atoms with E-state index >= 15 is 0 Å². The van der Waals surface area contributed by atoms with Gasteiger partial charge in [-0.1, -0.05) is 96.6 Å². The van der Waals surface area contributed by atoms with Crippen LogP contribution >= 0.6 is 23.2 Å². The van der Waals surface area contributed by atoms with E-state index < -0.39 is 34.3 Å². The molecule has 1 unspecified atom stereocenters. The first-order chi connectivity index (χ1) is 23.0. The van der Waals surface area contributed by atoms with Crippen LogP contribution in [-0.4, -0.2) is 43.8 Å². The maximum absolute atomic E-state index is 14.6. The Morgan fingerprint density at radius 2 is 1.56 bits per heavy atom. The molecule has 0 spiro atoms. The second-order valence-corrected chi connectivity index (χ2v) is 14.8. The Kier molecular flexibility index (Phi) is 11.8. The lowest BCUT2D eigenvalue weighted by atomic mass is 9.94. The number of halogens is 3. The largest absolute Gasteiger partial charge is 0.352 e. The van der Waals surface area contributed by atoms with E-state index in [4.69, 9.17) is 23.2 Å². The van der Waals surface area contributed by atoms with Crippen molar-refractivity contribution in [3.8, 4) is 0 Å². The van der Waals surface area contributed by atoms with Crippen LogP contribution in [0.2, 0.25) is 10.0 Å². The average molecular weight is 711 g/mol. The first-order valence-corrected chi connectivity index (χ1v) is 18.1. The number of rotatable bonds is 12. The summed E-state index contributed by atoms with van der Waals surface area (Å²) in [6, 6.07) is 24.4. The highest BCUT2D eigenvalue weighted by Crippen LogP contribution is 2.28. The van der Waals surface area contributed by atoms with E-state index in [0.717, 1.165) is 71.8 Å². The molecule has 1 saturated carbocycles. The van der Waals surface area contributed by atoms with Gasteiger partial charge in [-0.2, -0.15) is 0 Å². The predicted molar refractivity (Wildman–Crippen MR) is 188 cm³/mol. The maximum Gasteiger partial charge on any atom is 0.264 e. The second-order valence-electron chi connectivity index (χ2n) is 12.1. The van der Waals surface area contributed by atoms with Gasteiger partial charge in [0.15, 0.2) is 0 Å². The molecule has 0 aliphatic heterocycles. The minimum Gasteiger partial charge on any atom is -0.352 e. The van der Waals surface area contributed by atoms with E-state index in [-0.39, 0.29) is 35.5 Å². The quantitative estimate of drug-likeness (QED) is 0.163. The summed E-state index contributed by atoms with van der Waals surface area (Å²) in [4.78, 5) is 30.1. The van der Waals surface area contributed by atoms with E-state index in [0.29, 0.717) is 15.6 Å². The molecule has 0 radical (unpaired) electrons. The van der Waals surface area contributed by atoms with Crippen molar-refractivity contribution >= 4 is 50.7 Å². The van der Waals surface area contributed by atoms with E-state index in [2.05, 4.69) is 5.32 Å². The van der Waals surface area contributed by atoms with Crippen LogP contribution in [0.4, 0.5) is 10.1 Å². The van der Waals surface area contributed by atoms with Crippen LogP contribution < -0.4 is 9.62 Å². The molecule has 0 saturated heterocycles. The van der Waals surface area contributed by atoms with Crippen molar-refractivity contribution in [2.45, 2.75) is 69.0 Å². The van der Waals surface area contributed by atoms with Gasteiger partial charge in [0, 0.05) is 29.1 Å². The molecule has 252 valence electrons. The van der Waals surface area contributed by atoms with Crippen LogP contribution in [0.25, 0.3) is 0 Å². The fraction of sp³-hybridized carbons (Fsp3) is 0.297. The molecule has 11 heteroatoms. The Morgan fingerprint density at radius 1 is 0.896 bits per heavy atom. The molecule has 1 fully saturated rings. The molecule has 1 N–H and O–H groups in total. The van der Waals surface area contributed by atoms with Crippen molar-refractivity contribution in [2.75, 3.05) is 10.8 Å². The third kappa shape index (κ3) is 8.95. The van der Waals surface area contributed by atoms with Crippen LogP contribution in [-0.2, 0) is 32.6 Å². The number of amides is 2. The summed E-state index contributed by atoms with van der Waals surface area (Å²) in [6.45, 7) is 1.16. The molecule has 1 aliphatic carbocycles. The number of sulfonamides is 1. The molecule has 48 heavy (non-hydrogen) atoms. The Labute approximate surface area is 291 Å². The lowest BCUT2D eigenvalue weighted by Gasteiger charge is -2.35. The third-order valence-electron chi connectivity index (χ3n) is 8.58. The van der Waals surface area contributed by atoms with Gasteiger partial charge in [-0.05, 0) is 79.4 Å². The SMILES string of the molecule is Cc1ccc(N(CC(=O)N(Cc2ccc(Cl)cc2Cl)C(Cc2ccccc2)C(=O)NC2CCCCC2)S(=O)(=O)c2ccc(F)cc2)cc1. The predicted octanol–water partition coefficient (Wildman–Crippen LogP) is 7.73. The molecule has 4 aromatic rings. The number of nitrogens with one attached hydrogen (secondary N) is 1. The summed E-state index contributed by atoms with van der Waals surface area (Å²) in [7, 11) is -4.35. The molecule has 5 rings (SSSR count). The highest BCUT2D eigenvalue weighted by atomic mass is 35.5. The van der Waals surface area contributed by atoms with Crippen LogP contribution in [0, 0.1) is 12.7 Å². The zero-order valence-electron chi connectivity index (χ0n) is 26.6. The van der Waals surface area contributed by atoms with E-state index in [1.54, 1.807) is 42.5 Å². The summed E-state index contributed by atoms with van der Waals surface area (Å²) in [5, 5.41) is 3.90. The van der Waals surface area contributed by atoms with Crippen LogP contribution in [0.15, 0.2) is 102 Å². The second kappa shape index (κ2) is 16.0. The Balaban J connectivity index is 1.57. The first kappa shape index (κ1) is 35.4.